The maximum atomic E-state index is 9.21. The van der Waals surface area contributed by atoms with E-state index in [4.69, 9.17) is 5.11 Å². The van der Waals surface area contributed by atoms with Crippen LogP contribution in [0.25, 0.3) is 0 Å². The maximum Gasteiger partial charge on any atom is 0.0701 e. The second kappa shape index (κ2) is 26.6. The van der Waals surface area contributed by atoms with E-state index in [2.05, 4.69) is 97.1 Å². The lowest BCUT2D eigenvalue weighted by Gasteiger charge is -2.37. The third-order valence-electron chi connectivity index (χ3n) is 11.5. The van der Waals surface area contributed by atoms with Crippen molar-refractivity contribution in [2.45, 2.75) is 147 Å². The van der Waals surface area contributed by atoms with Gasteiger partial charge in [0.25, 0.3) is 0 Å². The molecule has 4 aromatic rings. The van der Waals surface area contributed by atoms with Gasteiger partial charge in [-0.15, -0.1) is 0 Å². The van der Waals surface area contributed by atoms with Crippen LogP contribution in [0.1, 0.15) is 160 Å². The number of aliphatic hydroxyl groups excluding tert-OH is 4. The van der Waals surface area contributed by atoms with Crippen LogP contribution in [-0.2, 0) is 31.1 Å². The van der Waals surface area contributed by atoms with Gasteiger partial charge in [-0.2, -0.15) is 0 Å². The van der Waals surface area contributed by atoms with Gasteiger partial charge in [-0.3, -0.25) is 0 Å². The SMILES string of the molecule is OCCCCCCCCc1ccc(C(c2ccc(CCCCCCO)cc2)(c2ccc(CCCCCCO)cc2)c2ccc(CCCCCCO)cc2)cc1. The average molecular weight is 749 g/mol. The lowest BCUT2D eigenvalue weighted by Crippen LogP contribution is -2.31. The normalized spacial score (nSPS) is 11.7. The minimum Gasteiger partial charge on any atom is -0.396 e. The summed E-state index contributed by atoms with van der Waals surface area (Å²) in [5.74, 6) is 0. The molecule has 55 heavy (non-hydrogen) atoms. The molecule has 0 heterocycles. The Bertz CT molecular complexity index is 1390. The highest BCUT2D eigenvalue weighted by Crippen LogP contribution is 2.45. The molecule has 4 nitrogen and oxygen atoms in total. The van der Waals surface area contributed by atoms with Crippen molar-refractivity contribution < 1.29 is 20.4 Å². The summed E-state index contributed by atoms with van der Waals surface area (Å²) in [6, 6.07) is 37.8. The van der Waals surface area contributed by atoms with Gasteiger partial charge in [-0.25, -0.2) is 0 Å². The first-order valence-electron chi connectivity index (χ1n) is 22.0. The summed E-state index contributed by atoms with van der Waals surface area (Å²) in [6.45, 7) is 1.14. The molecule has 0 spiro atoms. The average Bonchev–Trinajstić information content (AvgIpc) is 3.22. The molecule has 0 unspecified atom stereocenters. The fourth-order valence-electron chi connectivity index (χ4n) is 8.22. The van der Waals surface area contributed by atoms with Crippen molar-refractivity contribution in [3.8, 4) is 0 Å². The van der Waals surface area contributed by atoms with Crippen molar-refractivity contribution in [1.82, 2.24) is 0 Å². The Balaban J connectivity index is 1.70. The molecule has 0 amide bonds. The smallest absolute Gasteiger partial charge is 0.0701 e. The molecule has 300 valence electrons. The first-order chi connectivity index (χ1) is 27.1. The van der Waals surface area contributed by atoms with Crippen molar-refractivity contribution in [2.24, 2.45) is 0 Å². The van der Waals surface area contributed by atoms with Crippen LogP contribution in [0, 0.1) is 0 Å². The molecule has 4 aromatic carbocycles. The largest absolute Gasteiger partial charge is 0.396 e. The Kier molecular flexibility index (Phi) is 21.5. The van der Waals surface area contributed by atoms with Crippen LogP contribution in [0.4, 0.5) is 0 Å². The zero-order valence-electron chi connectivity index (χ0n) is 33.9. The molecule has 0 aliphatic rings. The van der Waals surface area contributed by atoms with Gasteiger partial charge in [0.2, 0.25) is 0 Å². The summed E-state index contributed by atoms with van der Waals surface area (Å²) < 4.78 is 0. The number of aryl methyl sites for hydroxylation is 4. The van der Waals surface area contributed by atoms with Gasteiger partial charge in [-0.1, -0.05) is 161 Å². The number of rotatable bonds is 30. The summed E-state index contributed by atoms with van der Waals surface area (Å²) >= 11 is 0. The zero-order valence-corrected chi connectivity index (χ0v) is 33.9. The number of benzene rings is 4. The van der Waals surface area contributed by atoms with Crippen LogP contribution < -0.4 is 0 Å². The van der Waals surface area contributed by atoms with Gasteiger partial charge in [0.1, 0.15) is 0 Å². The second-order valence-electron chi connectivity index (χ2n) is 15.8. The van der Waals surface area contributed by atoms with E-state index in [1.165, 1.54) is 70.2 Å². The summed E-state index contributed by atoms with van der Waals surface area (Å²) in [7, 11) is 0. The Morgan fingerprint density at radius 2 is 0.418 bits per heavy atom. The van der Waals surface area contributed by atoms with Crippen molar-refractivity contribution in [1.29, 1.82) is 0 Å². The summed E-state index contributed by atoms with van der Waals surface area (Å²) in [5, 5.41) is 36.7. The standard InChI is InChI=1S/C51H72O4/c52-39-15-7-2-1-3-11-19-43-23-31-47(32-24-43)51(48-33-25-44(26-34-48)20-12-4-8-16-40-53,49-35-27-45(28-36-49)21-13-5-9-17-41-54)50-37-29-46(30-38-50)22-14-6-10-18-42-55/h23-38,52-55H,1-22,39-42H2. The lowest BCUT2D eigenvalue weighted by molar-refractivity contribution is 0.282. The molecule has 0 aromatic heterocycles. The fourth-order valence-corrected chi connectivity index (χ4v) is 8.22. The molecule has 4 N–H and O–H groups in total. The Hall–Kier alpha value is -3.28. The van der Waals surface area contributed by atoms with E-state index in [9.17, 15) is 15.3 Å². The van der Waals surface area contributed by atoms with Gasteiger partial charge in [0, 0.05) is 26.4 Å². The van der Waals surface area contributed by atoms with E-state index < -0.39 is 5.41 Å². The molecule has 0 fully saturated rings. The third kappa shape index (κ3) is 14.6. The van der Waals surface area contributed by atoms with Gasteiger partial charge in [0.15, 0.2) is 0 Å². The van der Waals surface area contributed by atoms with E-state index in [1.807, 2.05) is 0 Å². The second-order valence-corrected chi connectivity index (χ2v) is 15.8. The lowest BCUT2D eigenvalue weighted by atomic mass is 9.64. The Morgan fingerprint density at radius 1 is 0.236 bits per heavy atom. The Morgan fingerprint density at radius 3 is 0.618 bits per heavy atom. The minimum atomic E-state index is -0.496. The summed E-state index contributed by atoms with van der Waals surface area (Å²) in [5.41, 5.74) is 10.1. The van der Waals surface area contributed by atoms with Crippen LogP contribution >= 0.6 is 0 Å². The predicted molar refractivity (Wildman–Crippen MR) is 231 cm³/mol. The minimum absolute atomic E-state index is 0.279. The van der Waals surface area contributed by atoms with Crippen LogP contribution in [0.15, 0.2) is 97.1 Å². The molecule has 4 rings (SSSR count). The van der Waals surface area contributed by atoms with Crippen molar-refractivity contribution in [3.05, 3.63) is 142 Å². The van der Waals surface area contributed by atoms with Gasteiger partial charge < -0.3 is 20.4 Å². The molecular weight excluding hydrogens is 677 g/mol. The van der Waals surface area contributed by atoms with E-state index in [0.29, 0.717) is 6.61 Å². The van der Waals surface area contributed by atoms with Crippen molar-refractivity contribution in [3.63, 3.8) is 0 Å². The number of hydrogen-bond acceptors (Lipinski definition) is 4. The predicted octanol–water partition coefficient (Wildman–Crippen LogP) is 11.2. The zero-order chi connectivity index (χ0) is 38.8. The third-order valence-corrected chi connectivity index (χ3v) is 11.5. The van der Waals surface area contributed by atoms with E-state index in [0.717, 1.165) is 116 Å². The molecule has 0 aliphatic heterocycles. The van der Waals surface area contributed by atoms with Gasteiger partial charge in [-0.05, 0) is 122 Å². The van der Waals surface area contributed by atoms with E-state index in [1.54, 1.807) is 0 Å². The highest BCUT2D eigenvalue weighted by atomic mass is 16.3. The molecule has 4 heteroatoms. The van der Waals surface area contributed by atoms with Crippen LogP contribution in [-0.4, -0.2) is 46.9 Å². The van der Waals surface area contributed by atoms with Crippen molar-refractivity contribution >= 4 is 0 Å². The number of unbranched alkanes of at least 4 members (excludes halogenated alkanes) is 14. The number of aliphatic hydroxyl groups is 4. The van der Waals surface area contributed by atoms with Gasteiger partial charge >= 0.3 is 0 Å². The number of hydrogen-bond donors (Lipinski definition) is 4. The molecule has 0 atom stereocenters. The monoisotopic (exact) mass is 749 g/mol. The van der Waals surface area contributed by atoms with E-state index in [-0.39, 0.29) is 19.8 Å². The molecule has 0 radical (unpaired) electrons. The van der Waals surface area contributed by atoms with Crippen LogP contribution in [0.2, 0.25) is 0 Å². The quantitative estimate of drug-likeness (QED) is 0.0316. The summed E-state index contributed by atoms with van der Waals surface area (Å²) in [4.78, 5) is 0. The molecule has 0 aliphatic carbocycles. The van der Waals surface area contributed by atoms with Crippen LogP contribution in [0.3, 0.4) is 0 Å². The van der Waals surface area contributed by atoms with Crippen LogP contribution in [0.5, 0.6) is 0 Å². The molecular formula is C51H72O4. The first-order valence-corrected chi connectivity index (χ1v) is 22.0. The topological polar surface area (TPSA) is 80.9 Å². The maximum absolute atomic E-state index is 9.21. The Labute approximate surface area is 334 Å². The summed E-state index contributed by atoms with van der Waals surface area (Å²) in [6.07, 6.45) is 23.9. The first kappa shape index (κ1) is 44.4. The highest BCUT2D eigenvalue weighted by Gasteiger charge is 2.38. The highest BCUT2D eigenvalue weighted by molar-refractivity contribution is 5.60. The molecule has 0 saturated carbocycles. The van der Waals surface area contributed by atoms with Crippen molar-refractivity contribution in [2.75, 3.05) is 26.4 Å². The fraction of sp³-hybridized carbons (Fsp3) is 0.529. The molecule has 0 saturated heterocycles. The van der Waals surface area contributed by atoms with E-state index >= 15 is 0 Å². The molecule has 0 bridgehead atoms. The van der Waals surface area contributed by atoms with Gasteiger partial charge in [0.05, 0.1) is 5.41 Å².